The fourth-order valence-corrected chi connectivity index (χ4v) is 5.07. The number of hydrogen-bond acceptors (Lipinski definition) is 6. The Morgan fingerprint density at radius 1 is 1.11 bits per heavy atom. The molecule has 2 aliphatic heterocycles. The van der Waals surface area contributed by atoms with Crippen LogP contribution >= 0.6 is 11.6 Å². The Balaban J connectivity index is 1.21. The van der Waals surface area contributed by atoms with Crippen molar-refractivity contribution in [3.05, 3.63) is 82.0 Å². The number of nitrogens with zero attached hydrogens (tertiary/aromatic N) is 4. The molecule has 4 heterocycles. The summed E-state index contributed by atoms with van der Waals surface area (Å²) >= 11 is 6.72. The van der Waals surface area contributed by atoms with Gasteiger partial charge in [-0.3, -0.25) is 15.1 Å². The van der Waals surface area contributed by atoms with Crippen molar-refractivity contribution >= 4 is 46.0 Å². The molecule has 35 heavy (non-hydrogen) atoms. The zero-order valence-electron chi connectivity index (χ0n) is 19.4. The molecule has 0 radical (unpaired) electrons. The maximum absolute atomic E-state index is 6.72. The first kappa shape index (κ1) is 21.7. The fourth-order valence-electron chi connectivity index (χ4n) is 4.77. The van der Waals surface area contributed by atoms with Crippen LogP contribution in [-0.4, -0.2) is 48.1 Å². The van der Waals surface area contributed by atoms with E-state index in [9.17, 15) is 0 Å². The van der Waals surface area contributed by atoms with Crippen LogP contribution in [0.5, 0.6) is 5.75 Å². The van der Waals surface area contributed by atoms with Gasteiger partial charge in [-0.2, -0.15) is 5.10 Å². The minimum Gasteiger partial charge on any atom is -0.497 e. The SMILES string of the molecule is COc1ccc(Cc2ccnc3c(Nc4ccc(N5CC6=C(CCN=C6)C5)c(Cl)c4)n[nH]c23)cc1. The van der Waals surface area contributed by atoms with Gasteiger partial charge in [0.1, 0.15) is 11.3 Å². The summed E-state index contributed by atoms with van der Waals surface area (Å²) in [5.41, 5.74) is 8.74. The summed E-state index contributed by atoms with van der Waals surface area (Å²) in [6.07, 6.45) is 5.65. The standard InChI is InChI=1S/C27H25ClN6O/c1-35-22-5-2-17(3-6-22)12-18-9-11-30-26-25(18)32-33-27(26)31-21-4-7-24(23(28)13-21)34-15-19-8-10-29-14-20(19)16-34/h2-7,9,11,13-14H,8,10,12,15-16H2,1H3,(H2,31,32,33). The molecule has 2 aromatic carbocycles. The Kier molecular flexibility index (Phi) is 5.62. The molecule has 0 fully saturated rings. The maximum Gasteiger partial charge on any atom is 0.178 e. The first-order valence-electron chi connectivity index (χ1n) is 11.6. The normalized spacial score (nSPS) is 15.1. The number of fused-ring (bicyclic) bond motifs is 1. The number of nitrogens with one attached hydrogen (secondary N) is 2. The van der Waals surface area contributed by atoms with Crippen LogP contribution in [0.25, 0.3) is 11.0 Å². The molecular weight excluding hydrogens is 460 g/mol. The minimum atomic E-state index is 0.676. The molecule has 2 aromatic heterocycles. The van der Waals surface area contributed by atoms with E-state index < -0.39 is 0 Å². The fraction of sp³-hybridized carbons (Fsp3) is 0.222. The zero-order chi connectivity index (χ0) is 23.8. The highest BCUT2D eigenvalue weighted by atomic mass is 35.5. The third-order valence-corrected chi connectivity index (χ3v) is 6.94. The molecule has 0 atom stereocenters. The number of pyridine rings is 1. The lowest BCUT2D eigenvalue weighted by molar-refractivity contribution is 0.414. The van der Waals surface area contributed by atoms with Crippen LogP contribution < -0.4 is 15.0 Å². The van der Waals surface area contributed by atoms with Gasteiger partial charge in [-0.05, 0) is 71.5 Å². The van der Waals surface area contributed by atoms with E-state index in [0.717, 1.165) is 66.2 Å². The molecule has 6 rings (SSSR count). The number of aromatic nitrogens is 3. The van der Waals surface area contributed by atoms with Gasteiger partial charge in [0.25, 0.3) is 0 Å². The Labute approximate surface area is 208 Å². The molecule has 0 spiro atoms. The number of methoxy groups -OCH3 is 1. The van der Waals surface area contributed by atoms with Crippen molar-refractivity contribution in [2.24, 2.45) is 4.99 Å². The van der Waals surface area contributed by atoms with Crippen molar-refractivity contribution in [3.8, 4) is 5.75 Å². The van der Waals surface area contributed by atoms with Crippen molar-refractivity contribution in [1.29, 1.82) is 0 Å². The van der Waals surface area contributed by atoms with Gasteiger partial charge in [-0.1, -0.05) is 23.7 Å². The Bertz CT molecular complexity index is 1460. The Hall–Kier alpha value is -3.84. The first-order chi connectivity index (χ1) is 17.2. The number of dihydropyridines is 1. The summed E-state index contributed by atoms with van der Waals surface area (Å²) in [4.78, 5) is 11.3. The van der Waals surface area contributed by atoms with Crippen molar-refractivity contribution < 1.29 is 4.74 Å². The summed E-state index contributed by atoms with van der Waals surface area (Å²) in [6.45, 7) is 2.66. The van der Waals surface area contributed by atoms with Gasteiger partial charge in [0, 0.05) is 37.7 Å². The molecule has 176 valence electrons. The second-order valence-corrected chi connectivity index (χ2v) is 9.26. The minimum absolute atomic E-state index is 0.676. The van der Waals surface area contributed by atoms with E-state index in [1.54, 1.807) is 7.11 Å². The van der Waals surface area contributed by atoms with Crippen LogP contribution in [0.15, 0.2) is 70.9 Å². The highest BCUT2D eigenvalue weighted by Gasteiger charge is 2.24. The molecule has 0 bridgehead atoms. The van der Waals surface area contributed by atoms with Gasteiger partial charge in [-0.15, -0.1) is 0 Å². The van der Waals surface area contributed by atoms with E-state index >= 15 is 0 Å². The molecule has 0 aliphatic carbocycles. The number of hydrogen-bond donors (Lipinski definition) is 2. The third kappa shape index (κ3) is 4.23. The first-order valence-corrected chi connectivity index (χ1v) is 12.0. The molecule has 0 amide bonds. The van der Waals surface area contributed by atoms with E-state index in [1.165, 1.54) is 16.7 Å². The van der Waals surface area contributed by atoms with E-state index in [0.29, 0.717) is 10.8 Å². The number of halogens is 1. The predicted octanol–water partition coefficient (Wildman–Crippen LogP) is 5.55. The summed E-state index contributed by atoms with van der Waals surface area (Å²) in [6, 6.07) is 16.2. The smallest absolute Gasteiger partial charge is 0.178 e. The number of H-pyrrole nitrogens is 1. The number of ether oxygens (including phenoxy) is 1. The van der Waals surface area contributed by atoms with Gasteiger partial charge in [0.2, 0.25) is 0 Å². The van der Waals surface area contributed by atoms with E-state index in [-0.39, 0.29) is 0 Å². The number of aliphatic imine (C=N–C) groups is 1. The summed E-state index contributed by atoms with van der Waals surface area (Å²) < 4.78 is 5.26. The second-order valence-electron chi connectivity index (χ2n) is 8.85. The molecule has 4 aromatic rings. The lowest BCUT2D eigenvalue weighted by Gasteiger charge is -2.21. The molecule has 2 aliphatic rings. The molecular formula is C27H25ClN6O. The largest absolute Gasteiger partial charge is 0.497 e. The van der Waals surface area contributed by atoms with Crippen molar-refractivity contribution in [2.45, 2.75) is 12.8 Å². The van der Waals surface area contributed by atoms with E-state index in [1.807, 2.05) is 42.7 Å². The molecule has 2 N–H and O–H groups in total. The van der Waals surface area contributed by atoms with Gasteiger partial charge in [0.05, 0.1) is 23.3 Å². The molecule has 8 heteroatoms. The van der Waals surface area contributed by atoms with Gasteiger partial charge < -0.3 is 15.0 Å². The summed E-state index contributed by atoms with van der Waals surface area (Å²) in [5, 5.41) is 11.8. The zero-order valence-corrected chi connectivity index (χ0v) is 20.1. The monoisotopic (exact) mass is 484 g/mol. The maximum atomic E-state index is 6.72. The summed E-state index contributed by atoms with van der Waals surface area (Å²) in [7, 11) is 1.67. The average Bonchev–Trinajstić information content (AvgIpc) is 3.49. The average molecular weight is 485 g/mol. The number of benzene rings is 2. The molecule has 7 nitrogen and oxygen atoms in total. The lowest BCUT2D eigenvalue weighted by Crippen LogP contribution is -2.21. The second kappa shape index (κ2) is 9.07. The van der Waals surface area contributed by atoms with Crippen molar-refractivity contribution in [1.82, 2.24) is 15.2 Å². The van der Waals surface area contributed by atoms with Crippen molar-refractivity contribution in [2.75, 3.05) is 37.0 Å². The van der Waals surface area contributed by atoms with Crippen LogP contribution in [0.1, 0.15) is 17.5 Å². The van der Waals surface area contributed by atoms with Crippen molar-refractivity contribution in [3.63, 3.8) is 0 Å². The van der Waals surface area contributed by atoms with E-state index in [4.69, 9.17) is 16.3 Å². The Morgan fingerprint density at radius 2 is 2.00 bits per heavy atom. The van der Waals surface area contributed by atoms with Crippen LogP contribution in [0, 0.1) is 0 Å². The number of anilines is 3. The van der Waals surface area contributed by atoms with Gasteiger partial charge in [-0.25, -0.2) is 0 Å². The lowest BCUT2D eigenvalue weighted by atomic mass is 10.0. The quantitative estimate of drug-likeness (QED) is 0.375. The highest BCUT2D eigenvalue weighted by molar-refractivity contribution is 6.33. The number of aromatic amines is 1. The predicted molar refractivity (Wildman–Crippen MR) is 142 cm³/mol. The Morgan fingerprint density at radius 3 is 2.80 bits per heavy atom. The topological polar surface area (TPSA) is 78.4 Å². The molecule has 0 unspecified atom stereocenters. The molecule has 0 saturated carbocycles. The van der Waals surface area contributed by atoms with Gasteiger partial charge in [0.15, 0.2) is 5.82 Å². The summed E-state index contributed by atoms with van der Waals surface area (Å²) in [5.74, 6) is 1.52. The van der Waals surface area contributed by atoms with E-state index in [2.05, 4.69) is 48.6 Å². The van der Waals surface area contributed by atoms with Crippen LogP contribution in [0.3, 0.4) is 0 Å². The van der Waals surface area contributed by atoms with Crippen LogP contribution in [-0.2, 0) is 6.42 Å². The highest BCUT2D eigenvalue weighted by Crippen LogP contribution is 2.35. The van der Waals surface area contributed by atoms with Crippen LogP contribution in [0.2, 0.25) is 5.02 Å². The third-order valence-electron chi connectivity index (χ3n) is 6.63. The van der Waals surface area contributed by atoms with Gasteiger partial charge >= 0.3 is 0 Å². The van der Waals surface area contributed by atoms with Crippen LogP contribution in [0.4, 0.5) is 17.2 Å². The number of rotatable bonds is 6. The molecule has 0 saturated heterocycles.